The molecule has 1 atom stereocenters. The number of amides is 1. The van der Waals surface area contributed by atoms with Crippen molar-refractivity contribution in [2.75, 3.05) is 5.32 Å². The zero-order valence-corrected chi connectivity index (χ0v) is 14.3. The Labute approximate surface area is 140 Å². The van der Waals surface area contributed by atoms with Gasteiger partial charge in [-0.2, -0.15) is 10.2 Å². The van der Waals surface area contributed by atoms with Gasteiger partial charge in [0.2, 0.25) is 0 Å². The van der Waals surface area contributed by atoms with E-state index in [9.17, 15) is 4.79 Å². The summed E-state index contributed by atoms with van der Waals surface area (Å²) < 4.78 is 5.25. The third-order valence-corrected chi connectivity index (χ3v) is 4.08. The van der Waals surface area contributed by atoms with Crippen LogP contribution in [-0.4, -0.2) is 35.0 Å². The van der Waals surface area contributed by atoms with E-state index in [1.54, 1.807) is 34.9 Å². The number of nitrogens with zero attached hydrogens (tertiary/aromatic N) is 6. The van der Waals surface area contributed by atoms with Crippen molar-refractivity contribution in [1.82, 2.24) is 29.1 Å². The molecule has 126 valence electrons. The number of imidazole rings is 1. The van der Waals surface area contributed by atoms with Gasteiger partial charge in [-0.05, 0) is 19.4 Å². The number of rotatable bonds is 5. The van der Waals surface area contributed by atoms with Crippen molar-refractivity contribution >= 4 is 11.7 Å². The lowest BCUT2D eigenvalue weighted by atomic mass is 10.2. The number of aromatic nitrogens is 6. The van der Waals surface area contributed by atoms with Crippen LogP contribution in [0.1, 0.15) is 36.8 Å². The summed E-state index contributed by atoms with van der Waals surface area (Å²) in [5.74, 6) is 1.15. The molecule has 0 spiro atoms. The number of carbonyl (C=O) groups excluding carboxylic acids is 1. The second-order valence-electron chi connectivity index (χ2n) is 5.77. The van der Waals surface area contributed by atoms with E-state index in [0.717, 1.165) is 12.2 Å². The van der Waals surface area contributed by atoms with Crippen LogP contribution in [0.5, 0.6) is 0 Å². The molecule has 0 radical (unpaired) electrons. The van der Waals surface area contributed by atoms with Gasteiger partial charge in [0.25, 0.3) is 5.91 Å². The minimum absolute atomic E-state index is 0.162. The quantitative estimate of drug-likeness (QED) is 0.779. The number of aryl methyl sites for hydroxylation is 2. The molecule has 1 amide bonds. The predicted octanol–water partition coefficient (Wildman–Crippen LogP) is 2.24. The van der Waals surface area contributed by atoms with E-state index in [-0.39, 0.29) is 11.9 Å². The molecule has 8 nitrogen and oxygen atoms in total. The molecule has 3 aromatic rings. The lowest BCUT2D eigenvalue weighted by Gasteiger charge is -2.13. The number of anilines is 1. The average molecular weight is 327 g/mol. The first-order valence-electron chi connectivity index (χ1n) is 7.87. The first-order valence-corrected chi connectivity index (χ1v) is 7.87. The number of nitrogens with one attached hydrogen (secondary N) is 1. The minimum Gasteiger partial charge on any atom is -0.333 e. The van der Waals surface area contributed by atoms with E-state index in [0.29, 0.717) is 17.2 Å². The number of hydrogen-bond acceptors (Lipinski definition) is 4. The van der Waals surface area contributed by atoms with Crippen LogP contribution in [-0.2, 0) is 14.1 Å². The van der Waals surface area contributed by atoms with Crippen molar-refractivity contribution in [2.24, 2.45) is 14.1 Å². The largest absolute Gasteiger partial charge is 0.333 e. The van der Waals surface area contributed by atoms with Gasteiger partial charge in [-0.15, -0.1) is 0 Å². The van der Waals surface area contributed by atoms with Crippen molar-refractivity contribution in [3.8, 4) is 11.5 Å². The van der Waals surface area contributed by atoms with Crippen molar-refractivity contribution < 1.29 is 4.79 Å². The summed E-state index contributed by atoms with van der Waals surface area (Å²) in [5, 5.41) is 11.6. The molecule has 3 aromatic heterocycles. The molecule has 8 heteroatoms. The van der Waals surface area contributed by atoms with Gasteiger partial charge >= 0.3 is 0 Å². The molecule has 0 saturated carbocycles. The lowest BCUT2D eigenvalue weighted by Crippen LogP contribution is -2.20. The molecule has 0 aromatic carbocycles. The standard InChI is InChI=1S/C16H21N7O/c1-5-11(2)23-13(6-7-18-23)16(24)19-14-10-12(20-22(14)4)15-17-8-9-21(15)3/h6-11H,5H2,1-4H3,(H,19,24). The van der Waals surface area contributed by atoms with Gasteiger partial charge in [-0.1, -0.05) is 6.92 Å². The molecule has 0 aliphatic rings. The Morgan fingerprint density at radius 1 is 1.33 bits per heavy atom. The smallest absolute Gasteiger partial charge is 0.275 e. The fraction of sp³-hybridized carbons (Fsp3) is 0.375. The van der Waals surface area contributed by atoms with Crippen molar-refractivity contribution in [3.05, 3.63) is 36.4 Å². The maximum absolute atomic E-state index is 12.6. The predicted molar refractivity (Wildman–Crippen MR) is 90.6 cm³/mol. The summed E-state index contributed by atoms with van der Waals surface area (Å²) in [6.07, 6.45) is 6.11. The highest BCUT2D eigenvalue weighted by molar-refractivity contribution is 6.02. The Balaban J connectivity index is 1.84. The van der Waals surface area contributed by atoms with E-state index >= 15 is 0 Å². The molecular formula is C16H21N7O. The van der Waals surface area contributed by atoms with Crippen LogP contribution in [0.15, 0.2) is 30.7 Å². The van der Waals surface area contributed by atoms with E-state index in [1.165, 1.54) is 0 Å². The molecule has 3 rings (SSSR count). The zero-order chi connectivity index (χ0) is 17.3. The molecule has 0 aliphatic carbocycles. The second-order valence-corrected chi connectivity index (χ2v) is 5.77. The SMILES string of the molecule is CCC(C)n1nccc1C(=O)Nc1cc(-c2nccn2C)nn1C. The van der Waals surface area contributed by atoms with E-state index in [4.69, 9.17) is 0 Å². The molecule has 0 bridgehead atoms. The van der Waals surface area contributed by atoms with Crippen LogP contribution in [0.3, 0.4) is 0 Å². The van der Waals surface area contributed by atoms with Crippen molar-refractivity contribution in [1.29, 1.82) is 0 Å². The Hall–Kier alpha value is -2.90. The summed E-state index contributed by atoms with van der Waals surface area (Å²) >= 11 is 0. The Bertz CT molecular complexity index is 858. The summed E-state index contributed by atoms with van der Waals surface area (Å²) in [7, 11) is 3.69. The van der Waals surface area contributed by atoms with Crippen LogP contribution in [0.4, 0.5) is 5.82 Å². The average Bonchev–Trinajstić information content (AvgIpc) is 3.27. The van der Waals surface area contributed by atoms with Crippen LogP contribution < -0.4 is 5.32 Å². The highest BCUT2D eigenvalue weighted by Gasteiger charge is 2.18. The second kappa shape index (κ2) is 6.31. The summed E-state index contributed by atoms with van der Waals surface area (Å²) in [5.41, 5.74) is 1.24. The topological polar surface area (TPSA) is 82.6 Å². The Morgan fingerprint density at radius 2 is 2.12 bits per heavy atom. The van der Waals surface area contributed by atoms with Crippen molar-refractivity contribution in [3.63, 3.8) is 0 Å². The van der Waals surface area contributed by atoms with Gasteiger partial charge in [0.05, 0.1) is 0 Å². The maximum Gasteiger partial charge on any atom is 0.275 e. The van der Waals surface area contributed by atoms with Gasteiger partial charge in [0.1, 0.15) is 17.2 Å². The fourth-order valence-corrected chi connectivity index (χ4v) is 2.50. The van der Waals surface area contributed by atoms with Crippen molar-refractivity contribution in [2.45, 2.75) is 26.3 Å². The third-order valence-electron chi connectivity index (χ3n) is 4.08. The Kier molecular flexibility index (Phi) is 4.20. The molecule has 0 saturated heterocycles. The highest BCUT2D eigenvalue weighted by atomic mass is 16.2. The molecule has 24 heavy (non-hydrogen) atoms. The monoisotopic (exact) mass is 327 g/mol. The fourth-order valence-electron chi connectivity index (χ4n) is 2.50. The lowest BCUT2D eigenvalue weighted by molar-refractivity contribution is 0.101. The molecule has 1 N–H and O–H groups in total. The minimum atomic E-state index is -0.206. The van der Waals surface area contributed by atoms with Gasteiger partial charge in [-0.25, -0.2) is 4.98 Å². The first-order chi connectivity index (χ1) is 11.5. The van der Waals surface area contributed by atoms with E-state index in [1.807, 2.05) is 30.8 Å². The first kappa shape index (κ1) is 16.0. The maximum atomic E-state index is 12.6. The Morgan fingerprint density at radius 3 is 2.79 bits per heavy atom. The van der Waals surface area contributed by atoms with Crippen LogP contribution in [0, 0.1) is 0 Å². The van der Waals surface area contributed by atoms with E-state index < -0.39 is 0 Å². The number of carbonyl (C=O) groups is 1. The summed E-state index contributed by atoms with van der Waals surface area (Å²) in [6, 6.07) is 3.69. The highest BCUT2D eigenvalue weighted by Crippen LogP contribution is 2.20. The van der Waals surface area contributed by atoms with Crippen LogP contribution in [0.25, 0.3) is 11.5 Å². The normalized spacial score (nSPS) is 12.3. The molecule has 3 heterocycles. The van der Waals surface area contributed by atoms with E-state index in [2.05, 4.69) is 27.4 Å². The van der Waals surface area contributed by atoms with Gasteiger partial charge in [0.15, 0.2) is 5.82 Å². The molecule has 1 unspecified atom stereocenters. The van der Waals surface area contributed by atoms with Gasteiger partial charge < -0.3 is 9.88 Å². The summed E-state index contributed by atoms with van der Waals surface area (Å²) in [6.45, 7) is 4.10. The number of hydrogen-bond donors (Lipinski definition) is 1. The summed E-state index contributed by atoms with van der Waals surface area (Å²) in [4.78, 5) is 16.9. The molecular weight excluding hydrogens is 306 g/mol. The van der Waals surface area contributed by atoms with Crippen LogP contribution in [0.2, 0.25) is 0 Å². The third kappa shape index (κ3) is 2.82. The molecule has 0 fully saturated rings. The molecule has 0 aliphatic heterocycles. The van der Waals surface area contributed by atoms with Crippen LogP contribution >= 0.6 is 0 Å². The van der Waals surface area contributed by atoms with Gasteiger partial charge in [-0.3, -0.25) is 14.2 Å². The zero-order valence-electron chi connectivity index (χ0n) is 14.3. The van der Waals surface area contributed by atoms with Gasteiger partial charge in [0, 0.05) is 44.8 Å².